The minimum Gasteiger partial charge on any atom is -0.399 e. The van der Waals surface area contributed by atoms with Gasteiger partial charge in [0.15, 0.2) is 0 Å². The van der Waals surface area contributed by atoms with E-state index in [-0.39, 0.29) is 6.04 Å². The van der Waals surface area contributed by atoms with Crippen LogP contribution in [0.1, 0.15) is 26.7 Å². The Bertz CT molecular complexity index is 765. The number of hydrogen-bond acceptors (Lipinski definition) is 3. The Balaban J connectivity index is 1.80. The summed E-state index contributed by atoms with van der Waals surface area (Å²) in [4.78, 5) is 2.45. The summed E-state index contributed by atoms with van der Waals surface area (Å²) in [7, 11) is 0. The van der Waals surface area contributed by atoms with Gasteiger partial charge < -0.3 is 16.0 Å². The molecule has 1 aliphatic carbocycles. The molecule has 2 aliphatic rings. The van der Waals surface area contributed by atoms with Crippen molar-refractivity contribution in [3.8, 4) is 0 Å². The number of allylic oxidation sites excluding steroid dienone is 6. The van der Waals surface area contributed by atoms with Gasteiger partial charge in [0, 0.05) is 36.1 Å². The fourth-order valence-electron chi connectivity index (χ4n) is 3.45. The zero-order chi connectivity index (χ0) is 19.1. The maximum absolute atomic E-state index is 5.82. The Morgan fingerprint density at radius 2 is 1.74 bits per heavy atom. The first-order valence-corrected chi connectivity index (χ1v) is 9.86. The number of nitrogen functional groups attached to an aromatic ring is 1. The summed E-state index contributed by atoms with van der Waals surface area (Å²) in [6.07, 6.45) is 20.2. The first-order valence-electron chi connectivity index (χ1n) is 9.86. The smallest absolute Gasteiger partial charge is 0.0507 e. The van der Waals surface area contributed by atoms with Gasteiger partial charge in [-0.05, 0) is 50.1 Å². The highest BCUT2D eigenvalue weighted by Gasteiger charge is 2.17. The third-order valence-corrected chi connectivity index (χ3v) is 5.39. The summed E-state index contributed by atoms with van der Waals surface area (Å²) in [6.45, 7) is 6.36. The molecular weight excluding hydrogens is 330 g/mol. The molecule has 1 aliphatic heterocycles. The molecule has 0 spiro atoms. The first-order chi connectivity index (χ1) is 13.1. The van der Waals surface area contributed by atoms with Crippen molar-refractivity contribution in [2.75, 3.05) is 24.1 Å². The predicted molar refractivity (Wildman–Crippen MR) is 117 cm³/mol. The van der Waals surface area contributed by atoms with Crippen LogP contribution in [0.25, 0.3) is 0 Å². The van der Waals surface area contributed by atoms with E-state index in [4.69, 9.17) is 5.73 Å². The lowest BCUT2D eigenvalue weighted by Gasteiger charge is -2.27. The average Bonchev–Trinajstić information content (AvgIpc) is 2.72. The van der Waals surface area contributed by atoms with Crippen LogP contribution in [0.5, 0.6) is 0 Å². The fourth-order valence-corrected chi connectivity index (χ4v) is 3.45. The molecule has 0 saturated carbocycles. The Morgan fingerprint density at radius 3 is 2.48 bits per heavy atom. The normalized spacial score (nSPS) is 27.7. The van der Waals surface area contributed by atoms with Crippen LogP contribution in [0.3, 0.4) is 0 Å². The fraction of sp³-hybridized carbons (Fsp3) is 0.333. The molecular formula is C24H31N3. The van der Waals surface area contributed by atoms with E-state index in [0.29, 0.717) is 5.92 Å². The third kappa shape index (κ3) is 5.40. The molecule has 3 nitrogen and oxygen atoms in total. The minimum absolute atomic E-state index is 0.235. The van der Waals surface area contributed by atoms with Gasteiger partial charge in [0.1, 0.15) is 0 Å². The van der Waals surface area contributed by atoms with Gasteiger partial charge in [-0.3, -0.25) is 0 Å². The summed E-state index contributed by atoms with van der Waals surface area (Å²) in [6, 6.07) is 8.21. The van der Waals surface area contributed by atoms with Gasteiger partial charge in [-0.2, -0.15) is 0 Å². The number of nitrogens with two attached hydrogens (primary N) is 1. The molecule has 3 rings (SSSR count). The van der Waals surface area contributed by atoms with Gasteiger partial charge in [-0.1, -0.05) is 55.0 Å². The monoisotopic (exact) mass is 361 g/mol. The first kappa shape index (κ1) is 19.1. The van der Waals surface area contributed by atoms with Crippen molar-refractivity contribution in [3.05, 3.63) is 84.1 Å². The van der Waals surface area contributed by atoms with Gasteiger partial charge >= 0.3 is 0 Å². The minimum atomic E-state index is 0.235. The molecule has 0 aromatic heterocycles. The van der Waals surface area contributed by atoms with Crippen LogP contribution in [0.15, 0.2) is 84.1 Å². The molecule has 142 valence electrons. The molecule has 0 amide bonds. The Labute approximate surface area is 163 Å². The van der Waals surface area contributed by atoms with Crippen molar-refractivity contribution in [2.24, 2.45) is 5.92 Å². The van der Waals surface area contributed by atoms with E-state index >= 15 is 0 Å². The van der Waals surface area contributed by atoms with E-state index in [1.807, 2.05) is 24.3 Å². The van der Waals surface area contributed by atoms with Crippen LogP contribution in [-0.2, 0) is 0 Å². The van der Waals surface area contributed by atoms with E-state index < -0.39 is 0 Å². The molecule has 0 bridgehead atoms. The number of nitrogens with zero attached hydrogens (tertiary/aromatic N) is 1. The Hall–Kier alpha value is -2.68. The number of anilines is 2. The highest BCUT2D eigenvalue weighted by molar-refractivity contribution is 5.52. The van der Waals surface area contributed by atoms with Crippen LogP contribution >= 0.6 is 0 Å². The maximum Gasteiger partial charge on any atom is 0.0507 e. The number of benzene rings is 1. The molecule has 1 heterocycles. The molecule has 1 aromatic carbocycles. The van der Waals surface area contributed by atoms with Crippen molar-refractivity contribution in [3.63, 3.8) is 0 Å². The third-order valence-electron chi connectivity index (χ3n) is 5.39. The zero-order valence-electron chi connectivity index (χ0n) is 16.4. The molecule has 1 aromatic rings. The molecule has 2 unspecified atom stereocenters. The highest BCUT2D eigenvalue weighted by atomic mass is 15.1. The van der Waals surface area contributed by atoms with E-state index in [0.717, 1.165) is 37.3 Å². The summed E-state index contributed by atoms with van der Waals surface area (Å²) in [5.74, 6) is 0.395. The molecule has 0 radical (unpaired) electrons. The Kier molecular flexibility index (Phi) is 6.59. The van der Waals surface area contributed by atoms with Crippen LogP contribution in [0, 0.1) is 5.92 Å². The van der Waals surface area contributed by atoms with Crippen LogP contribution < -0.4 is 11.1 Å². The molecule has 2 atom stereocenters. The second kappa shape index (κ2) is 9.31. The second-order valence-corrected chi connectivity index (χ2v) is 7.38. The molecule has 0 fully saturated rings. The summed E-state index contributed by atoms with van der Waals surface area (Å²) < 4.78 is 0. The number of nitrogens with one attached hydrogen (secondary N) is 1. The largest absolute Gasteiger partial charge is 0.399 e. The van der Waals surface area contributed by atoms with Crippen LogP contribution in [0.2, 0.25) is 0 Å². The molecule has 3 N–H and O–H groups in total. The van der Waals surface area contributed by atoms with Crippen molar-refractivity contribution >= 4 is 11.4 Å². The topological polar surface area (TPSA) is 41.3 Å². The lowest BCUT2D eigenvalue weighted by molar-refractivity contribution is 0.402. The highest BCUT2D eigenvalue weighted by Crippen LogP contribution is 2.22. The summed E-state index contributed by atoms with van der Waals surface area (Å²) in [5, 5.41) is 3.67. The lowest BCUT2D eigenvalue weighted by atomic mass is 9.93. The standard InChI is InChI=1S/C24H31N3/c1-19-9-6-7-17-27(23-10-4-3-5-11-23)18-8-12-24(20(19)2)26-22-15-13-21(25)14-16-22/h3-4,6-10,12-16,20,24,26H,5,11,17-18,25H2,1-2H3/b7-6-,12-8-,19-9+. The summed E-state index contributed by atoms with van der Waals surface area (Å²) >= 11 is 0. The van der Waals surface area contributed by atoms with Crippen molar-refractivity contribution in [2.45, 2.75) is 32.7 Å². The van der Waals surface area contributed by atoms with Gasteiger partial charge in [0.05, 0.1) is 6.04 Å². The van der Waals surface area contributed by atoms with E-state index in [1.54, 1.807) is 0 Å². The SMILES string of the molecule is C/C1=C\C=C/CN(C2=CC=CCC2)C/C=C\C(Nc2ccc(N)cc2)C1C. The number of rotatable bonds is 3. The second-order valence-electron chi connectivity index (χ2n) is 7.38. The molecule has 0 saturated heterocycles. The summed E-state index contributed by atoms with van der Waals surface area (Å²) in [5.41, 5.74) is 10.5. The Morgan fingerprint density at radius 1 is 1.00 bits per heavy atom. The van der Waals surface area contributed by atoms with Crippen LogP contribution in [0.4, 0.5) is 11.4 Å². The van der Waals surface area contributed by atoms with Crippen molar-refractivity contribution in [1.29, 1.82) is 0 Å². The van der Waals surface area contributed by atoms with Crippen LogP contribution in [-0.4, -0.2) is 24.0 Å². The van der Waals surface area contributed by atoms with Gasteiger partial charge in [-0.25, -0.2) is 0 Å². The van der Waals surface area contributed by atoms with E-state index in [2.05, 4.69) is 72.7 Å². The quantitative estimate of drug-likeness (QED) is 0.567. The van der Waals surface area contributed by atoms with Gasteiger partial charge in [0.25, 0.3) is 0 Å². The maximum atomic E-state index is 5.82. The molecule has 27 heavy (non-hydrogen) atoms. The van der Waals surface area contributed by atoms with E-state index in [1.165, 1.54) is 11.3 Å². The predicted octanol–water partition coefficient (Wildman–Crippen LogP) is 5.29. The van der Waals surface area contributed by atoms with Crippen molar-refractivity contribution in [1.82, 2.24) is 4.90 Å². The van der Waals surface area contributed by atoms with Gasteiger partial charge in [-0.15, -0.1) is 0 Å². The van der Waals surface area contributed by atoms with Gasteiger partial charge in [0.2, 0.25) is 0 Å². The van der Waals surface area contributed by atoms with E-state index in [9.17, 15) is 0 Å². The van der Waals surface area contributed by atoms with Crippen molar-refractivity contribution < 1.29 is 0 Å². The average molecular weight is 362 g/mol. The number of hydrogen-bond donors (Lipinski definition) is 2. The zero-order valence-corrected chi connectivity index (χ0v) is 16.4. The molecule has 3 heteroatoms. The lowest BCUT2D eigenvalue weighted by Crippen LogP contribution is -2.27.